The third-order valence-electron chi connectivity index (χ3n) is 7.85. The number of hydrogen-bond donors (Lipinski definition) is 1. The maximum Gasteiger partial charge on any atom is 0.253 e. The van der Waals surface area contributed by atoms with Crippen LogP contribution in [-0.4, -0.2) is 49.2 Å². The molecule has 2 aromatic rings. The lowest BCUT2D eigenvalue weighted by Gasteiger charge is -2.38. The molecule has 1 amide bonds. The van der Waals surface area contributed by atoms with Crippen molar-refractivity contribution in [1.29, 1.82) is 0 Å². The van der Waals surface area contributed by atoms with Crippen LogP contribution >= 0.6 is 0 Å². The summed E-state index contributed by atoms with van der Waals surface area (Å²) in [5, 5.41) is 3.24. The lowest BCUT2D eigenvalue weighted by Crippen LogP contribution is -2.43. The van der Waals surface area contributed by atoms with Gasteiger partial charge in [0.25, 0.3) is 5.56 Å². The van der Waals surface area contributed by atoms with E-state index in [0.717, 1.165) is 19.1 Å². The van der Waals surface area contributed by atoms with E-state index in [9.17, 15) is 18.0 Å². The second kappa shape index (κ2) is 11.1. The number of pyridine rings is 1. The number of hydrogen-bond acceptors (Lipinski definition) is 6. The first-order chi connectivity index (χ1) is 17.2. The zero-order chi connectivity index (χ0) is 27.7. The molecule has 10 heteroatoms. The van der Waals surface area contributed by atoms with Gasteiger partial charge < -0.3 is 5.32 Å². The average molecular weight is 545 g/mol. The molecule has 0 spiro atoms. The lowest BCUT2D eigenvalue weighted by molar-refractivity contribution is -0.119. The fraction of sp³-hybridized carbons (Fsp3) is 0.630. The van der Waals surface area contributed by atoms with Crippen molar-refractivity contribution < 1.29 is 13.2 Å². The van der Waals surface area contributed by atoms with Crippen molar-refractivity contribution in [3.63, 3.8) is 0 Å². The minimum Gasteiger partial charge on any atom is -0.354 e. The average Bonchev–Trinajstić information content (AvgIpc) is 2.78. The van der Waals surface area contributed by atoms with Crippen molar-refractivity contribution in [3.8, 4) is 11.5 Å². The van der Waals surface area contributed by atoms with Gasteiger partial charge in [0.2, 0.25) is 20.9 Å². The molecule has 0 saturated heterocycles. The van der Waals surface area contributed by atoms with Gasteiger partial charge in [-0.25, -0.2) is 13.4 Å². The number of sulfone groups is 1. The molecule has 0 aromatic carbocycles. The summed E-state index contributed by atoms with van der Waals surface area (Å²) in [6, 6.07) is 1.47. The molecule has 202 valence electrons. The van der Waals surface area contributed by atoms with Gasteiger partial charge in [-0.2, -0.15) is 4.98 Å². The molecule has 2 aromatic heterocycles. The van der Waals surface area contributed by atoms with Gasteiger partial charge in [0.15, 0.2) is 0 Å². The number of carbonyl (C=O) groups is 1. The van der Waals surface area contributed by atoms with E-state index in [2.05, 4.69) is 68.3 Å². The Hall–Kier alpha value is -2.51. The van der Waals surface area contributed by atoms with Crippen LogP contribution in [0.2, 0.25) is 16.6 Å². The third-order valence-corrected chi connectivity index (χ3v) is 15.0. The first-order valence-electron chi connectivity index (χ1n) is 13.1. The number of fused-ring (bicyclic) bond motifs is 1. The van der Waals surface area contributed by atoms with E-state index in [1.54, 1.807) is 10.6 Å². The van der Waals surface area contributed by atoms with Gasteiger partial charge in [0.1, 0.15) is 13.7 Å². The highest BCUT2D eigenvalue weighted by Gasteiger charge is 2.41. The number of aromatic nitrogens is 3. The maximum absolute atomic E-state index is 13.5. The summed E-state index contributed by atoms with van der Waals surface area (Å²) < 4.78 is 26.2. The number of carbonyl (C=O) groups excluding carboxylic acids is 1. The molecule has 1 N–H and O–H groups in total. The van der Waals surface area contributed by atoms with Crippen LogP contribution in [0.1, 0.15) is 85.8 Å². The van der Waals surface area contributed by atoms with Crippen molar-refractivity contribution in [1.82, 2.24) is 19.9 Å². The predicted molar refractivity (Wildman–Crippen MR) is 150 cm³/mol. The van der Waals surface area contributed by atoms with E-state index in [4.69, 9.17) is 0 Å². The summed E-state index contributed by atoms with van der Waals surface area (Å²) in [6.07, 6.45) is 5.36. The van der Waals surface area contributed by atoms with Crippen LogP contribution in [0.15, 0.2) is 22.2 Å². The second-order valence-corrected chi connectivity index (χ2v) is 18.8. The van der Waals surface area contributed by atoms with Crippen LogP contribution < -0.4 is 10.9 Å². The topological polar surface area (TPSA) is 111 Å². The van der Waals surface area contributed by atoms with E-state index in [1.807, 2.05) is 0 Å². The number of nitrogens with one attached hydrogen (secondary N) is 1. The van der Waals surface area contributed by atoms with E-state index >= 15 is 0 Å². The lowest BCUT2D eigenvalue weighted by atomic mass is 9.90. The highest BCUT2D eigenvalue weighted by molar-refractivity contribution is 7.90. The summed E-state index contributed by atoms with van der Waals surface area (Å²) >= 11 is 0. The zero-order valence-corrected chi connectivity index (χ0v) is 25.1. The molecular formula is C27H40N4O4SSi. The van der Waals surface area contributed by atoms with Gasteiger partial charge in [-0.3, -0.25) is 14.2 Å². The summed E-state index contributed by atoms with van der Waals surface area (Å²) in [7, 11) is -5.74. The number of amides is 1. The zero-order valence-electron chi connectivity index (χ0n) is 23.3. The predicted octanol–water partition coefficient (Wildman–Crippen LogP) is 4.38. The van der Waals surface area contributed by atoms with E-state index in [-0.39, 0.29) is 28.7 Å². The number of nitrogens with zero attached hydrogens (tertiary/aromatic N) is 3. The standard InChI is InChI=1S/C27H40N4O4SSi/c1-17(2)37(18(3)4,19(5)6)14-13-21-15-25(33)31(23-11-9-22(10-12-23)29-20(7)32)26-24(21)16-28-27(30-26)36(8,34)35/h15-19,22-23H,9-12H2,1-8H3,(H,29,32). The molecule has 1 saturated carbocycles. The molecule has 0 atom stereocenters. The largest absolute Gasteiger partial charge is 0.354 e. The van der Waals surface area contributed by atoms with Gasteiger partial charge in [0, 0.05) is 43.1 Å². The molecule has 0 bridgehead atoms. The fourth-order valence-corrected chi connectivity index (χ4v) is 11.8. The molecule has 3 rings (SSSR count). The molecule has 0 unspecified atom stereocenters. The van der Waals surface area contributed by atoms with Gasteiger partial charge in [-0.1, -0.05) is 47.5 Å². The van der Waals surface area contributed by atoms with Crippen molar-refractivity contribution in [2.75, 3.05) is 6.26 Å². The Labute approximate surface area is 221 Å². The molecule has 1 fully saturated rings. The fourth-order valence-electron chi connectivity index (χ4n) is 6.12. The highest BCUT2D eigenvalue weighted by Crippen LogP contribution is 2.41. The Morgan fingerprint density at radius 3 is 2.14 bits per heavy atom. The third kappa shape index (κ3) is 5.98. The van der Waals surface area contributed by atoms with E-state index in [0.29, 0.717) is 46.1 Å². The summed E-state index contributed by atoms with van der Waals surface area (Å²) in [4.78, 5) is 33.5. The first kappa shape index (κ1) is 29.0. The quantitative estimate of drug-likeness (QED) is 0.328. The van der Waals surface area contributed by atoms with Crippen LogP contribution in [0.3, 0.4) is 0 Å². The molecule has 0 aliphatic heterocycles. The minimum absolute atomic E-state index is 0.0663. The highest BCUT2D eigenvalue weighted by atomic mass is 32.2. The first-order valence-corrected chi connectivity index (χ1v) is 17.2. The monoisotopic (exact) mass is 544 g/mol. The van der Waals surface area contributed by atoms with Crippen LogP contribution in [0, 0.1) is 11.5 Å². The Bertz CT molecular complexity index is 1370. The van der Waals surface area contributed by atoms with Gasteiger partial charge >= 0.3 is 0 Å². The smallest absolute Gasteiger partial charge is 0.253 e. The molecule has 1 aliphatic carbocycles. The normalized spacial score (nSPS) is 18.8. The SMILES string of the molecule is CC(=O)NC1CCC(n2c(=O)cc(C#C[Si](C(C)C)(C(C)C)C(C)C)c3cnc(S(C)(=O)=O)nc32)CC1. The maximum atomic E-state index is 13.5. The Morgan fingerprint density at radius 2 is 1.65 bits per heavy atom. The summed E-state index contributed by atoms with van der Waals surface area (Å²) in [5.41, 5.74) is 5.55. The van der Waals surface area contributed by atoms with Crippen LogP contribution in [0.4, 0.5) is 0 Å². The Balaban J connectivity index is 2.21. The molecule has 2 heterocycles. The van der Waals surface area contributed by atoms with Crippen molar-refractivity contribution in [2.24, 2.45) is 0 Å². The Morgan fingerprint density at radius 1 is 1.08 bits per heavy atom. The van der Waals surface area contributed by atoms with Crippen LogP contribution in [0.25, 0.3) is 11.0 Å². The molecule has 37 heavy (non-hydrogen) atoms. The van der Waals surface area contributed by atoms with Crippen molar-refractivity contribution in [3.05, 3.63) is 28.2 Å². The minimum atomic E-state index is -3.67. The molecule has 1 aliphatic rings. The molecule has 8 nitrogen and oxygen atoms in total. The summed E-state index contributed by atoms with van der Waals surface area (Å²) in [5.74, 6) is 3.29. The Kier molecular flexibility index (Phi) is 8.70. The van der Waals surface area contributed by atoms with Gasteiger partial charge in [0.05, 0.1) is 5.39 Å². The second-order valence-electron chi connectivity index (χ2n) is 11.3. The number of rotatable bonds is 6. The van der Waals surface area contributed by atoms with Gasteiger partial charge in [-0.15, -0.1) is 5.54 Å². The van der Waals surface area contributed by atoms with E-state index < -0.39 is 17.9 Å². The summed E-state index contributed by atoms with van der Waals surface area (Å²) in [6.45, 7) is 14.9. The van der Waals surface area contributed by atoms with Crippen LogP contribution in [0.5, 0.6) is 0 Å². The molecular weight excluding hydrogens is 504 g/mol. The molecule has 0 radical (unpaired) electrons. The van der Waals surface area contributed by atoms with Gasteiger partial charge in [-0.05, 0) is 42.3 Å². The van der Waals surface area contributed by atoms with Crippen molar-refractivity contribution >= 4 is 34.9 Å². The van der Waals surface area contributed by atoms with Crippen LogP contribution in [-0.2, 0) is 14.6 Å². The van der Waals surface area contributed by atoms with Crippen molar-refractivity contribution in [2.45, 2.75) is 108 Å². The van der Waals surface area contributed by atoms with E-state index in [1.165, 1.54) is 13.1 Å².